The Bertz CT molecular complexity index is 857. The predicted octanol–water partition coefficient (Wildman–Crippen LogP) is 0.792. The summed E-state index contributed by atoms with van der Waals surface area (Å²) in [4.78, 5) is 26.6. The third-order valence-electron chi connectivity index (χ3n) is 6.84. The van der Waals surface area contributed by atoms with Crippen molar-refractivity contribution >= 4 is 22.8 Å². The van der Waals surface area contributed by atoms with Crippen molar-refractivity contribution < 1.29 is 4.79 Å². The van der Waals surface area contributed by atoms with E-state index < -0.39 is 0 Å². The second kappa shape index (κ2) is 6.44. The Morgan fingerprint density at radius 3 is 2.93 bits per heavy atom. The number of rotatable bonds is 2. The molecule has 1 amide bonds. The highest BCUT2D eigenvalue weighted by Gasteiger charge is 2.51. The fourth-order valence-corrected chi connectivity index (χ4v) is 5.31. The van der Waals surface area contributed by atoms with Crippen LogP contribution < -0.4 is 10.2 Å². The van der Waals surface area contributed by atoms with Gasteiger partial charge in [0.1, 0.15) is 12.1 Å². The zero-order chi connectivity index (χ0) is 18.4. The van der Waals surface area contributed by atoms with E-state index in [1.54, 1.807) is 11.0 Å². The van der Waals surface area contributed by atoms with Gasteiger partial charge in [-0.25, -0.2) is 9.97 Å². The molecule has 3 fully saturated rings. The van der Waals surface area contributed by atoms with Crippen LogP contribution in [0.4, 0.5) is 5.82 Å². The summed E-state index contributed by atoms with van der Waals surface area (Å²) in [6.45, 7) is 5.00. The second-order valence-corrected chi connectivity index (χ2v) is 8.21. The molecular formula is C19H27N7O. The molecule has 8 nitrogen and oxygen atoms in total. The lowest BCUT2D eigenvalue weighted by molar-refractivity contribution is -0.145. The highest BCUT2D eigenvalue weighted by molar-refractivity contribution is 5.87. The second-order valence-electron chi connectivity index (χ2n) is 8.21. The van der Waals surface area contributed by atoms with Crippen molar-refractivity contribution in [1.82, 2.24) is 30.0 Å². The first kappa shape index (κ1) is 16.9. The van der Waals surface area contributed by atoms with Crippen molar-refractivity contribution in [2.24, 2.45) is 18.4 Å². The number of fused-ring (bicyclic) bond motifs is 2. The normalized spacial score (nSPS) is 28.6. The van der Waals surface area contributed by atoms with E-state index in [0.717, 1.165) is 62.5 Å². The minimum atomic E-state index is -0.147. The summed E-state index contributed by atoms with van der Waals surface area (Å²) < 4.78 is 1.77. The van der Waals surface area contributed by atoms with Gasteiger partial charge in [-0.2, -0.15) is 5.10 Å². The number of hydrogen-bond donors (Lipinski definition) is 1. The molecule has 0 bridgehead atoms. The van der Waals surface area contributed by atoms with Crippen LogP contribution in [0.15, 0.2) is 12.5 Å². The molecule has 4 heterocycles. The van der Waals surface area contributed by atoms with E-state index in [1.165, 1.54) is 19.3 Å². The van der Waals surface area contributed by atoms with Gasteiger partial charge in [-0.15, -0.1) is 0 Å². The van der Waals surface area contributed by atoms with Crippen LogP contribution in [0, 0.1) is 11.3 Å². The first-order valence-electron chi connectivity index (χ1n) is 10.1. The lowest BCUT2D eigenvalue weighted by Crippen LogP contribution is -2.56. The van der Waals surface area contributed by atoms with E-state index in [1.807, 2.05) is 13.2 Å². The predicted molar refractivity (Wildman–Crippen MR) is 102 cm³/mol. The van der Waals surface area contributed by atoms with Gasteiger partial charge in [0.15, 0.2) is 5.65 Å². The Kier molecular flexibility index (Phi) is 4.03. The van der Waals surface area contributed by atoms with Crippen molar-refractivity contribution in [3.05, 3.63) is 12.5 Å². The lowest BCUT2D eigenvalue weighted by atomic mass is 9.67. The molecule has 1 N–H and O–H groups in total. The summed E-state index contributed by atoms with van der Waals surface area (Å²) in [7, 11) is 1.89. The van der Waals surface area contributed by atoms with Crippen LogP contribution in [0.1, 0.15) is 25.7 Å². The fourth-order valence-electron chi connectivity index (χ4n) is 5.31. The molecule has 1 aliphatic carbocycles. The zero-order valence-electron chi connectivity index (χ0n) is 15.9. The molecule has 2 aliphatic heterocycles. The number of carbonyl (C=O) groups is 1. The number of piperazine rings is 1. The van der Waals surface area contributed by atoms with Crippen LogP contribution in [0.25, 0.3) is 11.0 Å². The standard InChI is InChI=1S/C19H27N7O/c1-24-16-15(11-23-24)17(22-13-21-16)25-6-8-26(9-7-25)18(27)19-5-3-2-4-14(19)10-20-12-19/h11,13-14,20H,2-10,12H2,1H3/t14-,19+/m0/s1. The third-order valence-corrected chi connectivity index (χ3v) is 6.84. The molecule has 27 heavy (non-hydrogen) atoms. The van der Waals surface area contributed by atoms with Gasteiger partial charge in [0.05, 0.1) is 17.0 Å². The summed E-state index contributed by atoms with van der Waals surface area (Å²) in [5.74, 6) is 1.83. The Labute approximate surface area is 158 Å². The van der Waals surface area contributed by atoms with Gasteiger partial charge in [0.25, 0.3) is 0 Å². The quantitative estimate of drug-likeness (QED) is 0.843. The van der Waals surface area contributed by atoms with E-state index >= 15 is 0 Å². The smallest absolute Gasteiger partial charge is 0.230 e. The molecule has 1 saturated carbocycles. The van der Waals surface area contributed by atoms with Crippen molar-refractivity contribution in [1.29, 1.82) is 0 Å². The first-order chi connectivity index (χ1) is 13.2. The topological polar surface area (TPSA) is 79.2 Å². The lowest BCUT2D eigenvalue weighted by Gasteiger charge is -2.43. The molecule has 2 atom stereocenters. The van der Waals surface area contributed by atoms with E-state index in [0.29, 0.717) is 11.8 Å². The van der Waals surface area contributed by atoms with Gasteiger partial charge in [-0.1, -0.05) is 12.8 Å². The number of carbonyl (C=O) groups excluding carboxylic acids is 1. The molecule has 0 unspecified atom stereocenters. The number of hydrogen-bond acceptors (Lipinski definition) is 6. The van der Waals surface area contributed by atoms with Crippen LogP contribution in [0.2, 0.25) is 0 Å². The van der Waals surface area contributed by atoms with Crippen molar-refractivity contribution in [3.63, 3.8) is 0 Å². The number of aromatic nitrogens is 4. The number of nitrogens with zero attached hydrogens (tertiary/aromatic N) is 6. The van der Waals surface area contributed by atoms with Crippen LogP contribution >= 0.6 is 0 Å². The third kappa shape index (κ3) is 2.61. The van der Waals surface area contributed by atoms with Gasteiger partial charge >= 0.3 is 0 Å². The van der Waals surface area contributed by atoms with E-state index in [2.05, 4.69) is 30.2 Å². The number of nitrogens with one attached hydrogen (secondary N) is 1. The van der Waals surface area contributed by atoms with Gasteiger partial charge in [0.2, 0.25) is 5.91 Å². The summed E-state index contributed by atoms with van der Waals surface area (Å²) in [6, 6.07) is 0. The fraction of sp³-hybridized carbons (Fsp3) is 0.684. The minimum Gasteiger partial charge on any atom is -0.352 e. The van der Waals surface area contributed by atoms with Gasteiger partial charge < -0.3 is 15.1 Å². The van der Waals surface area contributed by atoms with Crippen LogP contribution in [-0.2, 0) is 11.8 Å². The largest absolute Gasteiger partial charge is 0.352 e. The van der Waals surface area contributed by atoms with Crippen molar-refractivity contribution in [3.8, 4) is 0 Å². The average molecular weight is 369 g/mol. The summed E-state index contributed by atoms with van der Waals surface area (Å²) in [6.07, 6.45) is 8.13. The van der Waals surface area contributed by atoms with Crippen LogP contribution in [0.5, 0.6) is 0 Å². The molecular weight excluding hydrogens is 342 g/mol. The number of amides is 1. The van der Waals surface area contributed by atoms with Gasteiger partial charge in [-0.05, 0) is 25.3 Å². The van der Waals surface area contributed by atoms with Crippen LogP contribution in [-0.4, -0.2) is 69.8 Å². The summed E-state index contributed by atoms with van der Waals surface area (Å²) in [5, 5.41) is 8.78. The maximum atomic E-state index is 13.4. The number of anilines is 1. The minimum absolute atomic E-state index is 0.147. The molecule has 0 aromatic carbocycles. The van der Waals surface area contributed by atoms with Crippen molar-refractivity contribution in [2.45, 2.75) is 25.7 Å². The molecule has 0 radical (unpaired) electrons. The highest BCUT2D eigenvalue weighted by Crippen LogP contribution is 2.45. The Hall–Kier alpha value is -2.22. The summed E-state index contributed by atoms with van der Waals surface area (Å²) >= 11 is 0. The first-order valence-corrected chi connectivity index (χ1v) is 10.1. The molecule has 144 valence electrons. The Morgan fingerprint density at radius 2 is 2.07 bits per heavy atom. The van der Waals surface area contributed by atoms with E-state index in [-0.39, 0.29) is 5.41 Å². The Morgan fingerprint density at radius 1 is 1.22 bits per heavy atom. The van der Waals surface area contributed by atoms with Gasteiger partial charge in [-0.3, -0.25) is 9.48 Å². The molecule has 5 rings (SSSR count). The molecule has 0 spiro atoms. The van der Waals surface area contributed by atoms with Crippen LogP contribution in [0.3, 0.4) is 0 Å². The molecule has 2 aromatic heterocycles. The van der Waals surface area contributed by atoms with E-state index in [9.17, 15) is 4.79 Å². The van der Waals surface area contributed by atoms with E-state index in [4.69, 9.17) is 0 Å². The summed E-state index contributed by atoms with van der Waals surface area (Å²) in [5.41, 5.74) is 0.700. The number of aryl methyl sites for hydroxylation is 1. The molecule has 2 aromatic rings. The van der Waals surface area contributed by atoms with Gasteiger partial charge in [0, 0.05) is 39.8 Å². The maximum Gasteiger partial charge on any atom is 0.230 e. The SMILES string of the molecule is Cn1ncc2c(N3CCN(C(=O)[C@@]45CCCC[C@H]4CNC5)CC3)ncnc21. The van der Waals surface area contributed by atoms with Crippen molar-refractivity contribution in [2.75, 3.05) is 44.2 Å². The zero-order valence-corrected chi connectivity index (χ0v) is 15.9. The average Bonchev–Trinajstić information content (AvgIpc) is 3.32. The monoisotopic (exact) mass is 369 g/mol. The molecule has 2 saturated heterocycles. The Balaban J connectivity index is 1.32. The molecule has 3 aliphatic rings. The molecule has 8 heteroatoms. The maximum absolute atomic E-state index is 13.4. The highest BCUT2D eigenvalue weighted by atomic mass is 16.2.